The number of ether oxygens (including phenoxy) is 3. The number of benzene rings is 2. The first-order valence-corrected chi connectivity index (χ1v) is 8.48. The van der Waals surface area contributed by atoms with Gasteiger partial charge in [0, 0.05) is 33.7 Å². The van der Waals surface area contributed by atoms with Crippen LogP contribution in [0.2, 0.25) is 0 Å². The highest BCUT2D eigenvalue weighted by atomic mass is 32.1. The van der Waals surface area contributed by atoms with E-state index in [-0.39, 0.29) is 0 Å². The predicted octanol–water partition coefficient (Wildman–Crippen LogP) is 4.87. The number of methoxy groups -OCH3 is 3. The van der Waals surface area contributed by atoms with Crippen molar-refractivity contribution in [1.29, 1.82) is 0 Å². The Hall–Kier alpha value is -2.66. The van der Waals surface area contributed by atoms with Crippen LogP contribution in [-0.2, 0) is 0 Å². The van der Waals surface area contributed by atoms with Gasteiger partial charge in [-0.1, -0.05) is 18.2 Å². The van der Waals surface area contributed by atoms with Gasteiger partial charge < -0.3 is 18.8 Å². The van der Waals surface area contributed by atoms with Crippen LogP contribution < -0.4 is 14.2 Å². The van der Waals surface area contributed by atoms with E-state index < -0.39 is 0 Å². The molecule has 0 amide bonds. The van der Waals surface area contributed by atoms with Crippen molar-refractivity contribution in [1.82, 2.24) is 4.57 Å². The molecule has 0 fully saturated rings. The summed E-state index contributed by atoms with van der Waals surface area (Å²) in [7, 11) is 4.88. The fourth-order valence-electron chi connectivity index (χ4n) is 3.17. The molecule has 24 heavy (non-hydrogen) atoms. The Balaban J connectivity index is 2.08. The van der Waals surface area contributed by atoms with Crippen LogP contribution in [0.5, 0.6) is 17.2 Å². The quantitative estimate of drug-likeness (QED) is 0.532. The van der Waals surface area contributed by atoms with Crippen LogP contribution in [-0.4, -0.2) is 25.9 Å². The lowest BCUT2D eigenvalue weighted by atomic mass is 10.2. The van der Waals surface area contributed by atoms with E-state index in [4.69, 9.17) is 14.2 Å². The molecular weight excluding hydrogens is 322 g/mol. The molecule has 0 N–H and O–H groups in total. The highest BCUT2D eigenvalue weighted by Crippen LogP contribution is 2.42. The van der Waals surface area contributed by atoms with Crippen molar-refractivity contribution in [2.24, 2.45) is 0 Å². The molecule has 0 bridgehead atoms. The molecule has 0 atom stereocenters. The molecule has 5 heteroatoms. The number of para-hydroxylation sites is 1. The summed E-state index contributed by atoms with van der Waals surface area (Å²) >= 11 is 1.70. The highest BCUT2D eigenvalue weighted by molar-refractivity contribution is 7.09. The maximum absolute atomic E-state index is 5.51. The molecule has 0 aliphatic rings. The molecule has 2 aromatic heterocycles. The number of rotatable bonds is 4. The van der Waals surface area contributed by atoms with Gasteiger partial charge in [0.25, 0.3) is 0 Å². The second kappa shape index (κ2) is 5.76. The fraction of sp³-hybridized carbons (Fsp3) is 0.158. The van der Waals surface area contributed by atoms with Crippen molar-refractivity contribution < 1.29 is 14.2 Å². The second-order valence-corrected chi connectivity index (χ2v) is 6.15. The Labute approximate surface area is 143 Å². The van der Waals surface area contributed by atoms with E-state index in [9.17, 15) is 0 Å². The van der Waals surface area contributed by atoms with Gasteiger partial charge in [0.05, 0.1) is 38.1 Å². The van der Waals surface area contributed by atoms with Crippen molar-refractivity contribution in [3.8, 4) is 22.9 Å². The third-order valence-electron chi connectivity index (χ3n) is 4.23. The maximum atomic E-state index is 5.51. The second-order valence-electron chi connectivity index (χ2n) is 5.41. The molecule has 0 spiro atoms. The largest absolute Gasteiger partial charge is 0.493 e. The van der Waals surface area contributed by atoms with E-state index in [0.717, 1.165) is 11.2 Å². The van der Waals surface area contributed by atoms with Gasteiger partial charge in [-0.05, 0) is 6.07 Å². The third-order valence-corrected chi connectivity index (χ3v) is 4.96. The lowest BCUT2D eigenvalue weighted by Crippen LogP contribution is -1.99. The number of fused-ring (bicyclic) bond motifs is 3. The van der Waals surface area contributed by atoms with E-state index >= 15 is 0 Å². The summed E-state index contributed by atoms with van der Waals surface area (Å²) in [6.07, 6.45) is 0. The normalized spacial score (nSPS) is 11.1. The van der Waals surface area contributed by atoms with Crippen LogP contribution >= 0.6 is 11.3 Å². The van der Waals surface area contributed by atoms with E-state index in [2.05, 4.69) is 39.6 Å². The molecule has 0 aliphatic carbocycles. The van der Waals surface area contributed by atoms with E-state index in [0.29, 0.717) is 17.2 Å². The monoisotopic (exact) mass is 339 g/mol. The molecule has 4 aromatic rings. The number of thiophene rings is 1. The number of nitrogens with zero attached hydrogens (tertiary/aromatic N) is 1. The molecule has 2 aromatic carbocycles. The zero-order valence-electron chi connectivity index (χ0n) is 13.7. The summed E-state index contributed by atoms with van der Waals surface area (Å²) in [5.41, 5.74) is 3.31. The molecule has 4 nitrogen and oxygen atoms in total. The Morgan fingerprint density at radius 1 is 0.792 bits per heavy atom. The van der Waals surface area contributed by atoms with Crippen LogP contribution in [0.1, 0.15) is 0 Å². The van der Waals surface area contributed by atoms with Crippen molar-refractivity contribution in [2.75, 3.05) is 21.3 Å². The van der Waals surface area contributed by atoms with Gasteiger partial charge in [0.15, 0.2) is 11.5 Å². The van der Waals surface area contributed by atoms with Crippen molar-refractivity contribution in [2.45, 2.75) is 0 Å². The summed E-state index contributed by atoms with van der Waals surface area (Å²) < 4.78 is 18.7. The van der Waals surface area contributed by atoms with Gasteiger partial charge in [-0.25, -0.2) is 0 Å². The smallest absolute Gasteiger partial charge is 0.203 e. The Morgan fingerprint density at radius 3 is 2.17 bits per heavy atom. The summed E-state index contributed by atoms with van der Waals surface area (Å²) in [5.74, 6) is 1.89. The first-order chi connectivity index (χ1) is 11.8. The third kappa shape index (κ3) is 2.05. The predicted molar refractivity (Wildman–Crippen MR) is 98.3 cm³/mol. The van der Waals surface area contributed by atoms with E-state index in [1.165, 1.54) is 16.3 Å². The molecule has 4 rings (SSSR count). The summed E-state index contributed by atoms with van der Waals surface area (Å²) in [6.45, 7) is 0. The van der Waals surface area contributed by atoms with Crippen molar-refractivity contribution in [3.63, 3.8) is 0 Å². The Morgan fingerprint density at radius 2 is 1.50 bits per heavy atom. The number of hydrogen-bond donors (Lipinski definition) is 0. The molecule has 2 heterocycles. The summed E-state index contributed by atoms with van der Waals surface area (Å²) in [6, 6.07) is 12.4. The van der Waals surface area contributed by atoms with Crippen LogP contribution in [0.3, 0.4) is 0 Å². The van der Waals surface area contributed by atoms with Gasteiger partial charge in [-0.2, -0.15) is 0 Å². The van der Waals surface area contributed by atoms with Crippen molar-refractivity contribution >= 4 is 33.1 Å². The van der Waals surface area contributed by atoms with E-state index in [1.807, 2.05) is 12.1 Å². The minimum absolute atomic E-state index is 0.599. The van der Waals surface area contributed by atoms with Gasteiger partial charge in [-0.15, -0.1) is 11.3 Å². The topological polar surface area (TPSA) is 32.6 Å². The summed E-state index contributed by atoms with van der Waals surface area (Å²) in [4.78, 5) is 0. The first kappa shape index (κ1) is 14.9. The van der Waals surface area contributed by atoms with Crippen molar-refractivity contribution in [3.05, 3.63) is 47.2 Å². The lowest BCUT2D eigenvalue weighted by Gasteiger charge is -2.15. The first-order valence-electron chi connectivity index (χ1n) is 7.54. The van der Waals surface area contributed by atoms with Gasteiger partial charge in [0.2, 0.25) is 5.75 Å². The molecule has 0 saturated heterocycles. The standard InChI is InChI=1S/C19H17NO3S/c1-21-17-8-12(9-18(22-2)19(17)23-3)20-15-7-5-4-6-13(15)14-10-24-11-16(14)20/h4-11H,1-3H3. The van der Waals surface area contributed by atoms with Crippen LogP contribution in [0, 0.1) is 0 Å². The maximum Gasteiger partial charge on any atom is 0.203 e. The molecule has 0 saturated carbocycles. The number of hydrogen-bond acceptors (Lipinski definition) is 4. The van der Waals surface area contributed by atoms with Gasteiger partial charge in [0.1, 0.15) is 0 Å². The molecule has 122 valence electrons. The minimum Gasteiger partial charge on any atom is -0.493 e. The van der Waals surface area contributed by atoms with Crippen LogP contribution in [0.25, 0.3) is 27.5 Å². The highest BCUT2D eigenvalue weighted by Gasteiger charge is 2.18. The average Bonchev–Trinajstić information content (AvgIpc) is 3.21. The average molecular weight is 339 g/mol. The fourth-order valence-corrected chi connectivity index (χ4v) is 3.98. The SMILES string of the molecule is COc1cc(-n2c3ccccc3c3cscc32)cc(OC)c1OC. The van der Waals surface area contributed by atoms with E-state index in [1.54, 1.807) is 32.7 Å². The molecule has 0 aliphatic heterocycles. The van der Waals surface area contributed by atoms with Crippen LogP contribution in [0.15, 0.2) is 47.2 Å². The zero-order valence-corrected chi connectivity index (χ0v) is 14.5. The number of aromatic nitrogens is 1. The Bertz CT molecular complexity index is 1010. The van der Waals surface area contributed by atoms with Crippen LogP contribution in [0.4, 0.5) is 0 Å². The summed E-state index contributed by atoms with van der Waals surface area (Å²) in [5, 5.41) is 6.84. The zero-order chi connectivity index (χ0) is 16.7. The van der Waals surface area contributed by atoms with Gasteiger partial charge in [-0.3, -0.25) is 0 Å². The molecule has 0 unspecified atom stereocenters. The lowest BCUT2D eigenvalue weighted by molar-refractivity contribution is 0.324. The molecular formula is C19H17NO3S. The Kier molecular flexibility index (Phi) is 3.58. The van der Waals surface area contributed by atoms with Gasteiger partial charge >= 0.3 is 0 Å². The molecule has 0 radical (unpaired) electrons. The minimum atomic E-state index is 0.599.